The van der Waals surface area contributed by atoms with Crippen molar-refractivity contribution in [3.05, 3.63) is 34.1 Å². The lowest BCUT2D eigenvalue weighted by Crippen LogP contribution is -2.29. The monoisotopic (exact) mass is 255 g/mol. The first-order valence-corrected chi connectivity index (χ1v) is 5.35. The number of nitro groups is 1. The van der Waals surface area contributed by atoms with E-state index in [0.29, 0.717) is 6.54 Å². The van der Waals surface area contributed by atoms with Crippen LogP contribution in [0.25, 0.3) is 0 Å². The molecule has 0 fully saturated rings. The van der Waals surface area contributed by atoms with Gasteiger partial charge in [-0.1, -0.05) is 13.0 Å². The van der Waals surface area contributed by atoms with Crippen molar-refractivity contribution in [1.82, 2.24) is 5.32 Å². The molecule has 1 unspecified atom stereocenters. The Kier molecular flexibility index (Phi) is 4.73. The van der Waals surface area contributed by atoms with Crippen LogP contribution >= 0.6 is 0 Å². The zero-order valence-electron chi connectivity index (χ0n) is 10.1. The molecule has 0 radical (unpaired) electrons. The van der Waals surface area contributed by atoms with E-state index in [9.17, 15) is 19.3 Å². The van der Waals surface area contributed by atoms with E-state index in [4.69, 9.17) is 0 Å². The van der Waals surface area contributed by atoms with E-state index < -0.39 is 33.9 Å². The summed E-state index contributed by atoms with van der Waals surface area (Å²) in [6.07, 6.45) is 0. The second-order valence-electron chi connectivity index (χ2n) is 3.84. The van der Waals surface area contributed by atoms with Crippen molar-refractivity contribution in [2.24, 2.45) is 5.92 Å². The summed E-state index contributed by atoms with van der Waals surface area (Å²) < 4.78 is 13.5. The lowest BCUT2D eigenvalue weighted by molar-refractivity contribution is -0.384. The molecule has 1 aromatic carbocycles. The largest absolute Gasteiger partial charge is 0.319 e. The molecule has 1 aromatic rings. The fourth-order valence-electron chi connectivity index (χ4n) is 1.43. The predicted molar refractivity (Wildman–Crippen MR) is 64.8 cm³/mol. The molecule has 7 heteroatoms. The van der Waals surface area contributed by atoms with Gasteiger partial charge in [0.2, 0.25) is 5.91 Å². The summed E-state index contributed by atoms with van der Waals surface area (Å²) in [5, 5.41) is 15.8. The van der Waals surface area contributed by atoms with Gasteiger partial charge in [-0.2, -0.15) is 0 Å². The van der Waals surface area contributed by atoms with Crippen molar-refractivity contribution < 1.29 is 14.1 Å². The number of hydrogen-bond donors (Lipinski definition) is 2. The number of amides is 1. The van der Waals surface area contributed by atoms with E-state index in [0.717, 1.165) is 12.1 Å². The molecule has 0 bridgehead atoms. The first-order chi connectivity index (χ1) is 8.47. The molecule has 2 N–H and O–H groups in total. The summed E-state index contributed by atoms with van der Waals surface area (Å²) in [5.74, 6) is -1.72. The van der Waals surface area contributed by atoms with Crippen molar-refractivity contribution in [3.8, 4) is 0 Å². The van der Waals surface area contributed by atoms with Crippen LogP contribution in [0.5, 0.6) is 0 Å². The standard InChI is InChI=1S/C11H14FN3O3/c1-7(6-13-2)11(16)14-10-8(12)4-3-5-9(10)15(17)18/h3-5,7,13H,6H2,1-2H3,(H,14,16). The number of hydrogen-bond acceptors (Lipinski definition) is 4. The molecule has 0 aliphatic heterocycles. The van der Waals surface area contributed by atoms with Gasteiger partial charge < -0.3 is 10.6 Å². The topological polar surface area (TPSA) is 84.3 Å². The molecule has 0 saturated heterocycles. The Morgan fingerprint density at radius 2 is 2.22 bits per heavy atom. The molecule has 0 aliphatic rings. The quantitative estimate of drug-likeness (QED) is 0.617. The SMILES string of the molecule is CNCC(C)C(=O)Nc1c(F)cccc1[N+](=O)[O-]. The van der Waals surface area contributed by atoms with Gasteiger partial charge in [-0.25, -0.2) is 4.39 Å². The number of nitrogens with zero attached hydrogens (tertiary/aromatic N) is 1. The van der Waals surface area contributed by atoms with Crippen LogP contribution in [-0.4, -0.2) is 24.4 Å². The predicted octanol–water partition coefficient (Wildman–Crippen LogP) is 1.53. The molecule has 1 rings (SSSR count). The number of carbonyl (C=O) groups excluding carboxylic acids is 1. The smallest absolute Gasteiger partial charge is 0.295 e. The summed E-state index contributed by atoms with van der Waals surface area (Å²) in [6.45, 7) is 2.03. The van der Waals surface area contributed by atoms with E-state index in [1.165, 1.54) is 6.07 Å². The normalized spacial score (nSPS) is 11.9. The zero-order valence-corrected chi connectivity index (χ0v) is 10.1. The molecule has 98 valence electrons. The molecular formula is C11H14FN3O3. The molecular weight excluding hydrogens is 241 g/mol. The highest BCUT2D eigenvalue weighted by atomic mass is 19.1. The minimum absolute atomic E-state index is 0.393. The maximum Gasteiger partial charge on any atom is 0.295 e. The van der Waals surface area contributed by atoms with E-state index in [-0.39, 0.29) is 0 Å². The molecule has 0 heterocycles. The van der Waals surface area contributed by atoms with Crippen LogP contribution in [-0.2, 0) is 4.79 Å². The van der Waals surface area contributed by atoms with Crippen LogP contribution in [0.3, 0.4) is 0 Å². The summed E-state index contributed by atoms with van der Waals surface area (Å²) in [4.78, 5) is 21.7. The maximum atomic E-state index is 13.5. The fourth-order valence-corrected chi connectivity index (χ4v) is 1.43. The van der Waals surface area contributed by atoms with E-state index in [1.54, 1.807) is 14.0 Å². The highest BCUT2D eigenvalue weighted by Gasteiger charge is 2.21. The van der Waals surface area contributed by atoms with Gasteiger partial charge in [-0.3, -0.25) is 14.9 Å². The fraction of sp³-hybridized carbons (Fsp3) is 0.364. The lowest BCUT2D eigenvalue weighted by Gasteiger charge is -2.12. The number of halogens is 1. The van der Waals surface area contributed by atoms with E-state index in [2.05, 4.69) is 10.6 Å². The third kappa shape index (κ3) is 3.24. The van der Waals surface area contributed by atoms with E-state index >= 15 is 0 Å². The number of nitro benzene ring substituents is 1. The number of nitrogens with one attached hydrogen (secondary N) is 2. The van der Waals surface area contributed by atoms with Gasteiger partial charge in [0, 0.05) is 18.5 Å². The first kappa shape index (κ1) is 14.0. The molecule has 0 spiro atoms. The van der Waals surface area contributed by atoms with Crippen LogP contribution in [0.4, 0.5) is 15.8 Å². The van der Waals surface area contributed by atoms with Crippen LogP contribution < -0.4 is 10.6 Å². The lowest BCUT2D eigenvalue weighted by atomic mass is 10.1. The summed E-state index contributed by atoms with van der Waals surface area (Å²) in [5.41, 5.74) is -0.851. The Balaban J connectivity index is 2.96. The first-order valence-electron chi connectivity index (χ1n) is 5.35. The summed E-state index contributed by atoms with van der Waals surface area (Å²) >= 11 is 0. The Bertz CT molecular complexity index is 465. The van der Waals surface area contributed by atoms with Crippen molar-refractivity contribution in [2.75, 3.05) is 18.9 Å². The van der Waals surface area contributed by atoms with Crippen LogP contribution in [0.1, 0.15) is 6.92 Å². The zero-order chi connectivity index (χ0) is 13.7. The van der Waals surface area contributed by atoms with Crippen molar-refractivity contribution in [2.45, 2.75) is 6.92 Å². The van der Waals surface area contributed by atoms with Crippen molar-refractivity contribution in [1.29, 1.82) is 0 Å². The Morgan fingerprint density at radius 3 is 2.78 bits per heavy atom. The highest BCUT2D eigenvalue weighted by molar-refractivity contribution is 5.94. The van der Waals surface area contributed by atoms with Gasteiger partial charge in [-0.05, 0) is 13.1 Å². The van der Waals surface area contributed by atoms with Gasteiger partial charge in [0.1, 0.15) is 0 Å². The Morgan fingerprint density at radius 1 is 1.56 bits per heavy atom. The molecule has 0 aliphatic carbocycles. The Hall–Kier alpha value is -2.02. The second kappa shape index (κ2) is 6.06. The minimum Gasteiger partial charge on any atom is -0.319 e. The number of rotatable bonds is 5. The summed E-state index contributed by atoms with van der Waals surface area (Å²) in [6, 6.07) is 3.42. The average Bonchev–Trinajstić information content (AvgIpc) is 2.31. The van der Waals surface area contributed by atoms with Crippen LogP contribution in [0.2, 0.25) is 0 Å². The number of para-hydroxylation sites is 1. The van der Waals surface area contributed by atoms with Gasteiger partial charge in [0.15, 0.2) is 11.5 Å². The maximum absolute atomic E-state index is 13.5. The van der Waals surface area contributed by atoms with Crippen LogP contribution in [0, 0.1) is 21.8 Å². The Labute approximate surface area is 103 Å². The van der Waals surface area contributed by atoms with Crippen molar-refractivity contribution >= 4 is 17.3 Å². The van der Waals surface area contributed by atoms with Gasteiger partial charge in [-0.15, -0.1) is 0 Å². The molecule has 6 nitrogen and oxygen atoms in total. The third-order valence-corrected chi connectivity index (χ3v) is 2.39. The molecule has 1 amide bonds. The average molecular weight is 255 g/mol. The van der Waals surface area contributed by atoms with Crippen LogP contribution in [0.15, 0.2) is 18.2 Å². The molecule has 18 heavy (non-hydrogen) atoms. The molecule has 0 aromatic heterocycles. The number of carbonyl (C=O) groups is 1. The molecule has 1 atom stereocenters. The third-order valence-electron chi connectivity index (χ3n) is 2.39. The van der Waals surface area contributed by atoms with Crippen molar-refractivity contribution in [3.63, 3.8) is 0 Å². The number of anilines is 1. The highest BCUT2D eigenvalue weighted by Crippen LogP contribution is 2.27. The van der Waals surface area contributed by atoms with Gasteiger partial charge >= 0.3 is 0 Å². The van der Waals surface area contributed by atoms with E-state index in [1.807, 2.05) is 0 Å². The second-order valence-corrected chi connectivity index (χ2v) is 3.84. The van der Waals surface area contributed by atoms with Gasteiger partial charge in [0.05, 0.1) is 4.92 Å². The number of benzene rings is 1. The minimum atomic E-state index is -0.825. The van der Waals surface area contributed by atoms with Gasteiger partial charge in [0.25, 0.3) is 5.69 Å². The summed E-state index contributed by atoms with van der Waals surface area (Å²) in [7, 11) is 1.68. The molecule has 0 saturated carbocycles.